The number of aliphatic hydroxyl groups is 2. The van der Waals surface area contributed by atoms with Gasteiger partial charge < -0.3 is 25.6 Å². The minimum Gasteiger partial charge on any atom is -0.456 e. The topological polar surface area (TPSA) is 138 Å². The molecule has 2 amide bonds. The fraction of sp³-hybridized carbons (Fsp3) is 0.487. The molecule has 1 rings (SSSR count). The molecule has 9 heteroatoms. The highest BCUT2D eigenvalue weighted by Gasteiger charge is 2.24. The Balaban J connectivity index is 2.34. The predicted molar refractivity (Wildman–Crippen MR) is 194 cm³/mol. The minimum atomic E-state index is -1.05. The smallest absolute Gasteiger partial charge is 0.329 e. The van der Waals surface area contributed by atoms with Crippen LogP contribution in [0.5, 0.6) is 0 Å². The third kappa shape index (κ3) is 23.3. The van der Waals surface area contributed by atoms with Gasteiger partial charge in [-0.1, -0.05) is 85.9 Å². The number of pyridine rings is 1. The summed E-state index contributed by atoms with van der Waals surface area (Å²) in [5, 5.41) is 24.2. The molecule has 0 saturated carbocycles. The normalized spacial score (nSPS) is 12.9. The van der Waals surface area contributed by atoms with E-state index in [9.17, 15) is 24.6 Å². The number of rotatable bonds is 26. The molecule has 0 spiro atoms. The number of nitrogens with zero attached hydrogens (tertiary/aromatic N) is 1. The van der Waals surface area contributed by atoms with Gasteiger partial charge in [0.1, 0.15) is 12.1 Å². The van der Waals surface area contributed by atoms with E-state index in [2.05, 4.69) is 77.2 Å². The van der Waals surface area contributed by atoms with Gasteiger partial charge in [0.15, 0.2) is 0 Å². The average Bonchev–Trinajstić information content (AvgIpc) is 3.08. The molecule has 0 saturated heterocycles. The molecular weight excluding hydrogens is 606 g/mol. The first-order valence-electron chi connectivity index (χ1n) is 17.2. The Labute approximate surface area is 287 Å². The van der Waals surface area contributed by atoms with Crippen LogP contribution in [0.1, 0.15) is 95.2 Å². The van der Waals surface area contributed by atoms with Crippen LogP contribution in [-0.4, -0.2) is 64.9 Å². The van der Waals surface area contributed by atoms with E-state index in [1.807, 2.05) is 31.2 Å². The Morgan fingerprint density at radius 1 is 0.812 bits per heavy atom. The Kier molecular flexibility index (Phi) is 25.4. The van der Waals surface area contributed by atoms with Gasteiger partial charge in [-0.25, -0.2) is 4.79 Å². The van der Waals surface area contributed by atoms with Crippen molar-refractivity contribution in [2.45, 2.75) is 103 Å². The van der Waals surface area contributed by atoms with Gasteiger partial charge in [0, 0.05) is 31.3 Å². The van der Waals surface area contributed by atoms with Gasteiger partial charge >= 0.3 is 5.97 Å². The number of ether oxygens (including phenoxy) is 1. The Morgan fingerprint density at radius 3 is 2.02 bits per heavy atom. The van der Waals surface area contributed by atoms with Gasteiger partial charge in [-0.05, 0) is 82.8 Å². The highest BCUT2D eigenvalue weighted by atomic mass is 16.6. The van der Waals surface area contributed by atoms with E-state index in [4.69, 9.17) is 4.74 Å². The summed E-state index contributed by atoms with van der Waals surface area (Å²) in [4.78, 5) is 41.7. The van der Waals surface area contributed by atoms with Crippen LogP contribution in [0.15, 0.2) is 85.2 Å². The molecule has 0 aromatic carbocycles. The molecule has 0 aliphatic carbocycles. The van der Waals surface area contributed by atoms with Crippen molar-refractivity contribution in [3.8, 4) is 0 Å². The monoisotopic (exact) mass is 663 g/mol. The van der Waals surface area contributed by atoms with E-state index in [1.165, 1.54) is 0 Å². The number of carbonyl (C=O) groups is 3. The maximum absolute atomic E-state index is 12.7. The number of amides is 2. The number of nitrogens with one attached hydrogen (secondary N) is 2. The van der Waals surface area contributed by atoms with Crippen LogP contribution in [0.2, 0.25) is 0 Å². The number of hydrogen-bond acceptors (Lipinski definition) is 7. The van der Waals surface area contributed by atoms with E-state index in [-0.39, 0.29) is 24.7 Å². The van der Waals surface area contributed by atoms with Gasteiger partial charge in [-0.3, -0.25) is 14.6 Å². The highest BCUT2D eigenvalue weighted by Crippen LogP contribution is 2.08. The lowest BCUT2D eigenvalue weighted by Crippen LogP contribution is -2.44. The SMILES string of the molecule is CC/C=C\C/C=C\C/C=C\C/C=C\C/C=C\CCCC(=O)NC(CCCCNC(=O)C/C=C/c1ccc(C)nc1)C(=O)OC(CO)CO. The molecule has 0 bridgehead atoms. The van der Waals surface area contributed by atoms with Crippen LogP contribution in [0.3, 0.4) is 0 Å². The number of aliphatic hydroxyl groups excluding tert-OH is 2. The summed E-state index contributed by atoms with van der Waals surface area (Å²) in [5.41, 5.74) is 1.85. The van der Waals surface area contributed by atoms with Crippen LogP contribution >= 0.6 is 0 Å². The molecule has 1 aromatic rings. The van der Waals surface area contributed by atoms with E-state index in [0.29, 0.717) is 32.2 Å². The second kappa shape index (κ2) is 29.1. The largest absolute Gasteiger partial charge is 0.456 e. The number of aromatic nitrogens is 1. The van der Waals surface area contributed by atoms with E-state index in [0.717, 1.165) is 49.8 Å². The third-order valence-electron chi connectivity index (χ3n) is 7.03. The summed E-state index contributed by atoms with van der Waals surface area (Å²) < 4.78 is 5.17. The Morgan fingerprint density at radius 2 is 1.44 bits per heavy atom. The van der Waals surface area contributed by atoms with Crippen LogP contribution in [0.4, 0.5) is 0 Å². The lowest BCUT2D eigenvalue weighted by Gasteiger charge is -2.20. The van der Waals surface area contributed by atoms with Gasteiger partial charge in [0.25, 0.3) is 0 Å². The second-order valence-electron chi connectivity index (χ2n) is 11.3. The number of unbranched alkanes of at least 4 members (excludes halogenated alkanes) is 2. The molecular formula is C39H57N3O6. The van der Waals surface area contributed by atoms with Crippen molar-refractivity contribution < 1.29 is 29.3 Å². The molecule has 9 nitrogen and oxygen atoms in total. The van der Waals surface area contributed by atoms with Gasteiger partial charge in [-0.2, -0.15) is 0 Å². The van der Waals surface area contributed by atoms with Crippen LogP contribution in [0, 0.1) is 6.92 Å². The molecule has 1 unspecified atom stereocenters. The molecule has 1 aromatic heterocycles. The zero-order valence-electron chi connectivity index (χ0n) is 28.9. The second-order valence-corrected chi connectivity index (χ2v) is 11.3. The van der Waals surface area contributed by atoms with Crippen molar-refractivity contribution in [2.24, 2.45) is 0 Å². The Bertz CT molecular complexity index is 1200. The number of allylic oxidation sites excluding steroid dienone is 10. The fourth-order valence-corrected chi connectivity index (χ4v) is 4.30. The van der Waals surface area contributed by atoms with Crippen molar-refractivity contribution in [3.05, 3.63) is 96.4 Å². The van der Waals surface area contributed by atoms with Crippen molar-refractivity contribution in [3.63, 3.8) is 0 Å². The zero-order valence-corrected chi connectivity index (χ0v) is 28.9. The molecule has 1 heterocycles. The number of hydrogen-bond donors (Lipinski definition) is 4. The van der Waals surface area contributed by atoms with Crippen molar-refractivity contribution in [1.82, 2.24) is 15.6 Å². The van der Waals surface area contributed by atoms with Gasteiger partial charge in [-0.15, -0.1) is 0 Å². The maximum atomic E-state index is 12.7. The van der Waals surface area contributed by atoms with Gasteiger partial charge in [0.2, 0.25) is 11.8 Å². The summed E-state index contributed by atoms with van der Waals surface area (Å²) in [6, 6.07) is 2.94. The molecule has 48 heavy (non-hydrogen) atoms. The third-order valence-corrected chi connectivity index (χ3v) is 7.03. The lowest BCUT2D eigenvalue weighted by molar-refractivity contribution is -0.157. The summed E-state index contributed by atoms with van der Waals surface area (Å²) in [6.45, 7) is 3.44. The predicted octanol–water partition coefficient (Wildman–Crippen LogP) is 6.38. The zero-order chi connectivity index (χ0) is 35.1. The van der Waals surface area contributed by atoms with Crippen LogP contribution in [-0.2, 0) is 19.1 Å². The molecule has 0 aliphatic rings. The van der Waals surface area contributed by atoms with Crippen molar-refractivity contribution in [1.29, 1.82) is 0 Å². The van der Waals surface area contributed by atoms with Crippen molar-refractivity contribution >= 4 is 23.9 Å². The first-order chi connectivity index (χ1) is 23.4. The lowest BCUT2D eigenvalue weighted by atomic mass is 10.1. The average molecular weight is 664 g/mol. The summed E-state index contributed by atoms with van der Waals surface area (Å²) in [6.07, 6.45) is 33.8. The van der Waals surface area contributed by atoms with Crippen molar-refractivity contribution in [2.75, 3.05) is 19.8 Å². The molecule has 0 fully saturated rings. The molecule has 264 valence electrons. The number of esters is 1. The minimum absolute atomic E-state index is 0.114. The fourth-order valence-electron chi connectivity index (χ4n) is 4.30. The Hall–Kier alpha value is -4.08. The molecule has 1 atom stereocenters. The van der Waals surface area contributed by atoms with E-state index in [1.54, 1.807) is 12.3 Å². The number of carbonyl (C=O) groups excluding carboxylic acids is 3. The van der Waals surface area contributed by atoms with Crippen LogP contribution in [0.25, 0.3) is 6.08 Å². The summed E-state index contributed by atoms with van der Waals surface area (Å²) in [7, 11) is 0. The quantitative estimate of drug-likeness (QED) is 0.0513. The van der Waals surface area contributed by atoms with Crippen LogP contribution < -0.4 is 10.6 Å². The molecule has 0 aliphatic heterocycles. The standard InChI is InChI=1S/C39H57N3O6/c1-3-4-5-6-7-8-9-10-11-12-13-14-15-16-17-18-19-25-38(46)42-36(39(47)48-35(31-43)32-44)24-20-21-29-40-37(45)26-22-23-34-28-27-33(2)41-30-34/h4-5,7-8,10-11,13-14,16-17,22-23,27-28,30,35-36,43-44H,3,6,9,12,15,18-21,24-26,29,31-32H2,1-2H3,(H,40,45)(H,42,46)/b5-4-,8-7-,11-10-,14-13-,17-16-,23-22+. The molecule has 4 N–H and O–H groups in total. The first kappa shape index (κ1) is 41.9. The highest BCUT2D eigenvalue weighted by molar-refractivity contribution is 5.84. The maximum Gasteiger partial charge on any atom is 0.329 e. The summed E-state index contributed by atoms with van der Waals surface area (Å²) >= 11 is 0. The summed E-state index contributed by atoms with van der Waals surface area (Å²) in [5.74, 6) is -1.08. The van der Waals surface area contributed by atoms with Gasteiger partial charge in [0.05, 0.1) is 13.2 Å². The van der Waals surface area contributed by atoms with E-state index < -0.39 is 31.3 Å². The van der Waals surface area contributed by atoms with E-state index >= 15 is 0 Å². The first-order valence-corrected chi connectivity index (χ1v) is 17.2. The number of aryl methyl sites for hydroxylation is 1. The molecule has 0 radical (unpaired) electrons.